The summed E-state index contributed by atoms with van der Waals surface area (Å²) in [4.78, 5) is 19.9. The van der Waals surface area contributed by atoms with Crippen molar-refractivity contribution in [3.05, 3.63) is 101 Å². The quantitative estimate of drug-likeness (QED) is 0.0674. The van der Waals surface area contributed by atoms with Crippen LogP contribution in [-0.4, -0.2) is 27.6 Å². The Labute approximate surface area is 246 Å². The van der Waals surface area contributed by atoms with Gasteiger partial charge in [-0.25, -0.2) is 19.8 Å². The number of fused-ring (bicyclic) bond motifs is 1. The minimum Gasteiger partial charge on any atom is -0.487 e. The fraction of sp³-hybridized carbons (Fsp3) is 0.194. The van der Waals surface area contributed by atoms with Gasteiger partial charge < -0.3 is 19.8 Å². The van der Waals surface area contributed by atoms with E-state index in [1.54, 1.807) is 29.7 Å². The van der Waals surface area contributed by atoms with Crippen molar-refractivity contribution in [3.63, 3.8) is 0 Å². The summed E-state index contributed by atoms with van der Waals surface area (Å²) in [7, 11) is 0. The van der Waals surface area contributed by atoms with Crippen LogP contribution in [0.15, 0.2) is 83.5 Å². The standard InChI is InChI=1S/C31H29ClFN5O4/c32-26-16-23(8-11-29(26)41-18-20-4-3-5-22(33)14-20)37-31-25-15-21(7-10-27(25)35-19-36-31)28-12-9-24(42-28)17-34-13-2-1-6-30(39)38-40/h3-5,7-12,14-16,19,34,40H,1-2,6,13,17-18H2,(H,38,39)(H,35,36,37). The van der Waals surface area contributed by atoms with Crippen molar-refractivity contribution in [2.45, 2.75) is 32.4 Å². The van der Waals surface area contributed by atoms with E-state index < -0.39 is 0 Å². The number of carbonyl (C=O) groups excluding carboxylic acids is 1. The van der Waals surface area contributed by atoms with Crippen LogP contribution < -0.4 is 20.9 Å². The van der Waals surface area contributed by atoms with Crippen molar-refractivity contribution in [2.75, 3.05) is 11.9 Å². The van der Waals surface area contributed by atoms with E-state index in [9.17, 15) is 9.18 Å². The number of hydroxylamine groups is 1. The summed E-state index contributed by atoms with van der Waals surface area (Å²) in [5.74, 6) is 1.90. The Morgan fingerprint density at radius 2 is 1.93 bits per heavy atom. The molecule has 0 aliphatic rings. The normalized spacial score (nSPS) is 11.0. The second-order valence-electron chi connectivity index (χ2n) is 9.58. The SMILES string of the molecule is O=C(CCCCNCc1ccc(-c2ccc3ncnc(Nc4ccc(OCc5cccc(F)c5)c(Cl)c4)c3c2)o1)NO. The van der Waals surface area contributed by atoms with Gasteiger partial charge in [-0.05, 0) is 85.6 Å². The molecule has 0 saturated heterocycles. The number of amides is 1. The van der Waals surface area contributed by atoms with Crippen LogP contribution in [0.1, 0.15) is 30.6 Å². The first-order valence-corrected chi connectivity index (χ1v) is 13.8. The Morgan fingerprint density at radius 3 is 2.76 bits per heavy atom. The maximum Gasteiger partial charge on any atom is 0.243 e. The van der Waals surface area contributed by atoms with Crippen LogP contribution in [0.4, 0.5) is 15.9 Å². The number of aromatic nitrogens is 2. The Balaban J connectivity index is 1.23. The first-order chi connectivity index (χ1) is 20.5. The second kappa shape index (κ2) is 13.9. The molecule has 2 heterocycles. The molecule has 5 aromatic rings. The zero-order valence-electron chi connectivity index (χ0n) is 22.6. The van der Waals surface area contributed by atoms with E-state index in [0.717, 1.165) is 35.2 Å². The number of furan rings is 1. The summed E-state index contributed by atoms with van der Waals surface area (Å²) in [6.07, 6.45) is 3.27. The molecule has 0 aliphatic heterocycles. The average Bonchev–Trinajstić information content (AvgIpc) is 3.47. The van der Waals surface area contributed by atoms with Gasteiger partial charge in [0.2, 0.25) is 5.91 Å². The zero-order valence-corrected chi connectivity index (χ0v) is 23.3. The van der Waals surface area contributed by atoms with E-state index in [0.29, 0.717) is 46.6 Å². The summed E-state index contributed by atoms with van der Waals surface area (Å²) in [5.41, 5.74) is 4.70. The van der Waals surface area contributed by atoms with Crippen molar-refractivity contribution >= 4 is 39.9 Å². The van der Waals surface area contributed by atoms with Crippen molar-refractivity contribution in [2.24, 2.45) is 0 Å². The van der Waals surface area contributed by atoms with Crippen LogP contribution in [-0.2, 0) is 17.9 Å². The number of anilines is 2. The molecule has 216 valence electrons. The van der Waals surface area contributed by atoms with Crippen molar-refractivity contribution in [3.8, 4) is 17.1 Å². The topological polar surface area (TPSA) is 122 Å². The highest BCUT2D eigenvalue weighted by Gasteiger charge is 2.11. The van der Waals surface area contributed by atoms with Gasteiger partial charge >= 0.3 is 0 Å². The van der Waals surface area contributed by atoms with E-state index in [-0.39, 0.29) is 24.8 Å². The number of unbranched alkanes of at least 4 members (excludes halogenated alkanes) is 1. The molecule has 1 amide bonds. The highest BCUT2D eigenvalue weighted by atomic mass is 35.5. The smallest absolute Gasteiger partial charge is 0.243 e. The molecule has 11 heteroatoms. The number of ether oxygens (including phenoxy) is 1. The molecule has 0 unspecified atom stereocenters. The second-order valence-corrected chi connectivity index (χ2v) is 9.99. The first-order valence-electron chi connectivity index (χ1n) is 13.4. The Hall–Kier alpha value is -4.51. The van der Waals surface area contributed by atoms with Gasteiger partial charge in [0.1, 0.15) is 41.8 Å². The third kappa shape index (κ3) is 7.61. The molecular formula is C31H29ClFN5O4. The molecule has 9 nitrogen and oxygen atoms in total. The molecule has 42 heavy (non-hydrogen) atoms. The molecule has 0 fully saturated rings. The van der Waals surface area contributed by atoms with Crippen LogP contribution in [0.3, 0.4) is 0 Å². The minimum absolute atomic E-state index is 0.194. The maximum atomic E-state index is 13.4. The number of nitrogens with zero attached hydrogens (tertiary/aromatic N) is 2. The van der Waals surface area contributed by atoms with Crippen LogP contribution in [0.25, 0.3) is 22.2 Å². The highest BCUT2D eigenvalue weighted by molar-refractivity contribution is 6.32. The number of halogens is 2. The Kier molecular flexibility index (Phi) is 9.60. The Morgan fingerprint density at radius 1 is 1.02 bits per heavy atom. The first kappa shape index (κ1) is 29.0. The third-order valence-electron chi connectivity index (χ3n) is 6.49. The fourth-order valence-electron chi connectivity index (χ4n) is 4.36. The largest absolute Gasteiger partial charge is 0.487 e. The summed E-state index contributed by atoms with van der Waals surface area (Å²) in [6, 6.07) is 21.2. The summed E-state index contributed by atoms with van der Waals surface area (Å²) < 4.78 is 25.3. The molecule has 0 radical (unpaired) electrons. The lowest BCUT2D eigenvalue weighted by molar-refractivity contribution is -0.129. The monoisotopic (exact) mass is 589 g/mol. The predicted molar refractivity (Wildman–Crippen MR) is 158 cm³/mol. The van der Waals surface area contributed by atoms with E-state index in [4.69, 9.17) is 26.0 Å². The molecular weight excluding hydrogens is 561 g/mol. The number of nitrogens with one attached hydrogen (secondary N) is 3. The van der Waals surface area contributed by atoms with Gasteiger partial charge in [-0.2, -0.15) is 0 Å². The average molecular weight is 590 g/mol. The summed E-state index contributed by atoms with van der Waals surface area (Å²) in [5, 5.41) is 16.4. The van der Waals surface area contributed by atoms with Gasteiger partial charge in [0.25, 0.3) is 0 Å². The molecule has 2 aromatic heterocycles. The van der Waals surface area contributed by atoms with E-state index >= 15 is 0 Å². The maximum absolute atomic E-state index is 13.4. The van der Waals surface area contributed by atoms with Gasteiger partial charge in [-0.15, -0.1) is 0 Å². The lowest BCUT2D eigenvalue weighted by Crippen LogP contribution is -2.19. The van der Waals surface area contributed by atoms with Gasteiger partial charge in [0.15, 0.2) is 0 Å². The molecule has 0 atom stereocenters. The van der Waals surface area contributed by atoms with Gasteiger partial charge in [0.05, 0.1) is 17.1 Å². The van der Waals surface area contributed by atoms with Crippen molar-refractivity contribution < 1.29 is 23.5 Å². The molecule has 3 aromatic carbocycles. The minimum atomic E-state index is -0.379. The van der Waals surface area contributed by atoms with Crippen LogP contribution in [0.2, 0.25) is 5.02 Å². The van der Waals surface area contributed by atoms with Crippen LogP contribution in [0, 0.1) is 5.82 Å². The van der Waals surface area contributed by atoms with Gasteiger partial charge in [0, 0.05) is 23.1 Å². The lowest BCUT2D eigenvalue weighted by atomic mass is 10.1. The lowest BCUT2D eigenvalue weighted by Gasteiger charge is -2.12. The van der Waals surface area contributed by atoms with E-state index in [1.807, 2.05) is 36.4 Å². The number of benzene rings is 3. The van der Waals surface area contributed by atoms with Crippen molar-refractivity contribution in [1.82, 2.24) is 20.8 Å². The zero-order chi connectivity index (χ0) is 29.3. The number of rotatable bonds is 13. The number of carbonyl (C=O) groups is 1. The van der Waals surface area contributed by atoms with E-state index in [1.165, 1.54) is 18.5 Å². The highest BCUT2D eigenvalue weighted by Crippen LogP contribution is 2.32. The summed E-state index contributed by atoms with van der Waals surface area (Å²) in [6.45, 7) is 1.47. The van der Waals surface area contributed by atoms with Gasteiger partial charge in [-0.1, -0.05) is 23.7 Å². The fourth-order valence-corrected chi connectivity index (χ4v) is 4.60. The summed E-state index contributed by atoms with van der Waals surface area (Å²) >= 11 is 6.48. The molecule has 4 N–H and O–H groups in total. The van der Waals surface area contributed by atoms with Crippen molar-refractivity contribution in [1.29, 1.82) is 0 Å². The Bertz CT molecular complexity index is 1680. The molecule has 0 aliphatic carbocycles. The van der Waals surface area contributed by atoms with Gasteiger partial charge in [-0.3, -0.25) is 10.0 Å². The molecule has 0 saturated carbocycles. The van der Waals surface area contributed by atoms with Crippen LogP contribution in [0.5, 0.6) is 5.75 Å². The van der Waals surface area contributed by atoms with Crippen LogP contribution >= 0.6 is 11.6 Å². The predicted octanol–water partition coefficient (Wildman–Crippen LogP) is 6.77. The molecule has 5 rings (SSSR count). The molecule has 0 bridgehead atoms. The van der Waals surface area contributed by atoms with E-state index in [2.05, 4.69) is 20.6 Å². The number of hydrogen-bond acceptors (Lipinski definition) is 8. The third-order valence-corrected chi connectivity index (χ3v) is 6.79. The number of hydrogen-bond donors (Lipinski definition) is 4. The molecule has 0 spiro atoms.